The fourth-order valence-corrected chi connectivity index (χ4v) is 4.13. The molecule has 0 saturated carbocycles. The Kier molecular flexibility index (Phi) is 5.82. The van der Waals surface area contributed by atoms with E-state index in [1.165, 1.54) is 13.2 Å². The number of nitrogens with zero attached hydrogens (tertiary/aromatic N) is 2. The Balaban J connectivity index is 1.55. The van der Waals surface area contributed by atoms with E-state index < -0.39 is 17.1 Å². The van der Waals surface area contributed by atoms with Gasteiger partial charge in [-0.1, -0.05) is 0 Å². The summed E-state index contributed by atoms with van der Waals surface area (Å²) in [6, 6.07) is 14.7. The van der Waals surface area contributed by atoms with E-state index in [0.717, 1.165) is 31.6 Å². The standard InChI is InChI=1S/C21H15IN2O5S/c1-28-20(26)17-9-8-16(29-17)12-24-19(25)18(30-21(24)27)11-15-3-2-10-23(15)14-6-4-13(22)5-7-14/h2-11H,12H2,1H3/b18-11+. The normalized spacial score (nSPS) is 15.3. The zero-order valence-electron chi connectivity index (χ0n) is 15.7. The van der Waals surface area contributed by atoms with E-state index in [2.05, 4.69) is 27.3 Å². The quantitative estimate of drug-likeness (QED) is 0.268. The number of carbonyl (C=O) groups excluding carboxylic acids is 3. The number of hydrogen-bond donors (Lipinski definition) is 0. The van der Waals surface area contributed by atoms with Gasteiger partial charge in [-0.3, -0.25) is 14.5 Å². The third-order valence-corrected chi connectivity index (χ3v) is 6.03. The lowest BCUT2D eigenvalue weighted by Gasteiger charge is -2.10. The zero-order valence-corrected chi connectivity index (χ0v) is 18.7. The van der Waals surface area contributed by atoms with Crippen molar-refractivity contribution in [3.8, 4) is 5.69 Å². The van der Waals surface area contributed by atoms with Gasteiger partial charge in [0.05, 0.1) is 18.6 Å². The maximum absolute atomic E-state index is 12.8. The second-order valence-electron chi connectivity index (χ2n) is 6.30. The van der Waals surface area contributed by atoms with Gasteiger partial charge < -0.3 is 13.7 Å². The first-order valence-electron chi connectivity index (χ1n) is 8.82. The molecule has 3 heterocycles. The van der Waals surface area contributed by atoms with Crippen LogP contribution in [0.2, 0.25) is 0 Å². The van der Waals surface area contributed by atoms with Gasteiger partial charge in [0.15, 0.2) is 0 Å². The summed E-state index contributed by atoms with van der Waals surface area (Å²) in [6.45, 7) is -0.0584. The molecule has 2 aromatic heterocycles. The number of rotatable bonds is 5. The number of benzene rings is 1. The molecule has 9 heteroatoms. The van der Waals surface area contributed by atoms with Crippen molar-refractivity contribution in [3.63, 3.8) is 0 Å². The van der Waals surface area contributed by atoms with Crippen LogP contribution in [-0.2, 0) is 16.1 Å². The molecule has 3 aromatic rings. The molecule has 2 amide bonds. The summed E-state index contributed by atoms with van der Waals surface area (Å²) in [6.07, 6.45) is 3.60. The van der Waals surface area contributed by atoms with Crippen molar-refractivity contribution < 1.29 is 23.5 Å². The highest BCUT2D eigenvalue weighted by atomic mass is 127. The Labute approximate surface area is 189 Å². The maximum Gasteiger partial charge on any atom is 0.373 e. The van der Waals surface area contributed by atoms with Crippen LogP contribution < -0.4 is 0 Å². The van der Waals surface area contributed by atoms with Crippen molar-refractivity contribution in [1.82, 2.24) is 9.47 Å². The molecule has 1 aliphatic heterocycles. The van der Waals surface area contributed by atoms with Gasteiger partial charge in [-0.15, -0.1) is 0 Å². The van der Waals surface area contributed by atoms with Gasteiger partial charge in [0.2, 0.25) is 5.76 Å². The minimum atomic E-state index is -0.619. The molecule has 1 aliphatic rings. The highest BCUT2D eigenvalue weighted by molar-refractivity contribution is 14.1. The summed E-state index contributed by atoms with van der Waals surface area (Å²) >= 11 is 3.11. The predicted octanol–water partition coefficient (Wildman–Crippen LogP) is 4.70. The lowest BCUT2D eigenvalue weighted by molar-refractivity contribution is -0.123. The Morgan fingerprint density at radius 2 is 1.93 bits per heavy atom. The second-order valence-corrected chi connectivity index (χ2v) is 8.54. The predicted molar refractivity (Wildman–Crippen MR) is 120 cm³/mol. The fourth-order valence-electron chi connectivity index (χ4n) is 2.95. The van der Waals surface area contributed by atoms with E-state index in [9.17, 15) is 14.4 Å². The summed E-state index contributed by atoms with van der Waals surface area (Å²) < 4.78 is 13.0. The number of thioether (sulfide) groups is 1. The number of halogens is 1. The van der Waals surface area contributed by atoms with Gasteiger partial charge in [-0.25, -0.2) is 4.79 Å². The summed E-state index contributed by atoms with van der Waals surface area (Å²) in [5.74, 6) is -0.686. The van der Waals surface area contributed by atoms with Crippen LogP contribution in [0.1, 0.15) is 22.0 Å². The number of carbonyl (C=O) groups is 3. The molecule has 0 spiro atoms. The monoisotopic (exact) mass is 534 g/mol. The number of aromatic nitrogens is 1. The lowest BCUT2D eigenvalue weighted by Crippen LogP contribution is -2.27. The molecular formula is C21H15IN2O5S. The van der Waals surface area contributed by atoms with Gasteiger partial charge in [0.25, 0.3) is 11.1 Å². The molecule has 0 unspecified atom stereocenters. The molecule has 0 N–H and O–H groups in total. The molecule has 0 radical (unpaired) electrons. The molecule has 0 aliphatic carbocycles. The number of furan rings is 1. The van der Waals surface area contributed by atoms with Crippen LogP contribution in [0.25, 0.3) is 11.8 Å². The number of ether oxygens (including phenoxy) is 1. The summed E-state index contributed by atoms with van der Waals surface area (Å²) in [5, 5.41) is -0.394. The van der Waals surface area contributed by atoms with E-state index in [4.69, 9.17) is 4.42 Å². The van der Waals surface area contributed by atoms with Crippen molar-refractivity contribution in [2.24, 2.45) is 0 Å². The lowest BCUT2D eigenvalue weighted by atomic mass is 10.3. The molecule has 4 rings (SSSR count). The molecule has 30 heavy (non-hydrogen) atoms. The first-order valence-corrected chi connectivity index (χ1v) is 10.7. The number of amides is 2. The SMILES string of the molecule is COC(=O)c1ccc(CN2C(=O)S/C(=C/c3cccn3-c3ccc(I)cc3)C2=O)o1. The largest absolute Gasteiger partial charge is 0.463 e. The number of hydrogen-bond acceptors (Lipinski definition) is 6. The molecule has 152 valence electrons. The third kappa shape index (κ3) is 4.08. The second kappa shape index (κ2) is 8.52. The Morgan fingerprint density at radius 3 is 2.67 bits per heavy atom. The van der Waals surface area contributed by atoms with Crippen LogP contribution in [0.15, 0.2) is 64.1 Å². The minimum absolute atomic E-state index is 0.0189. The first kappa shape index (κ1) is 20.5. The minimum Gasteiger partial charge on any atom is -0.463 e. The summed E-state index contributed by atoms with van der Waals surface area (Å²) in [4.78, 5) is 38.1. The van der Waals surface area contributed by atoms with Crippen LogP contribution >= 0.6 is 34.4 Å². The molecule has 0 atom stereocenters. The van der Waals surface area contributed by atoms with Gasteiger partial charge in [-0.05, 0) is 89.0 Å². The zero-order chi connectivity index (χ0) is 21.3. The summed E-state index contributed by atoms with van der Waals surface area (Å²) in [5.41, 5.74) is 1.74. The van der Waals surface area contributed by atoms with Gasteiger partial charge >= 0.3 is 5.97 Å². The molecule has 1 saturated heterocycles. The Bertz CT molecular complexity index is 1160. The smallest absolute Gasteiger partial charge is 0.373 e. The molecule has 7 nitrogen and oxygen atoms in total. The van der Waals surface area contributed by atoms with Crippen LogP contribution in [0.4, 0.5) is 4.79 Å². The van der Waals surface area contributed by atoms with E-state index in [-0.39, 0.29) is 12.3 Å². The number of methoxy groups -OCH3 is 1. The van der Waals surface area contributed by atoms with E-state index in [1.54, 1.807) is 12.1 Å². The van der Waals surface area contributed by atoms with Crippen molar-refractivity contribution in [3.05, 3.63) is 80.4 Å². The molecular weight excluding hydrogens is 519 g/mol. The highest BCUT2D eigenvalue weighted by Crippen LogP contribution is 2.34. The number of esters is 1. The first-order chi connectivity index (χ1) is 14.5. The topological polar surface area (TPSA) is 81.8 Å². The fraction of sp³-hybridized carbons (Fsp3) is 0.0952. The average molecular weight is 534 g/mol. The highest BCUT2D eigenvalue weighted by Gasteiger charge is 2.36. The molecule has 0 bridgehead atoms. The number of imide groups is 1. The van der Waals surface area contributed by atoms with Crippen LogP contribution in [0, 0.1) is 3.57 Å². The average Bonchev–Trinajstić information content (AvgIpc) is 3.45. The van der Waals surface area contributed by atoms with E-state index in [1.807, 2.05) is 47.2 Å². The van der Waals surface area contributed by atoms with Crippen molar-refractivity contribution in [1.29, 1.82) is 0 Å². The van der Waals surface area contributed by atoms with Gasteiger partial charge in [0, 0.05) is 21.1 Å². The summed E-state index contributed by atoms with van der Waals surface area (Å²) in [7, 11) is 1.25. The van der Waals surface area contributed by atoms with Gasteiger partial charge in [-0.2, -0.15) is 0 Å². The van der Waals surface area contributed by atoms with Crippen molar-refractivity contribution in [2.45, 2.75) is 6.54 Å². The van der Waals surface area contributed by atoms with Crippen LogP contribution in [-0.4, -0.2) is 33.7 Å². The maximum atomic E-state index is 12.8. The van der Waals surface area contributed by atoms with Crippen LogP contribution in [0.5, 0.6) is 0 Å². The molecule has 1 aromatic carbocycles. The Hall–Kier alpha value is -2.79. The van der Waals surface area contributed by atoms with Crippen LogP contribution in [0.3, 0.4) is 0 Å². The van der Waals surface area contributed by atoms with Crippen molar-refractivity contribution in [2.75, 3.05) is 7.11 Å². The van der Waals surface area contributed by atoms with E-state index >= 15 is 0 Å². The Morgan fingerprint density at radius 1 is 1.17 bits per heavy atom. The van der Waals surface area contributed by atoms with Crippen molar-refractivity contribution >= 4 is 57.5 Å². The van der Waals surface area contributed by atoms with Gasteiger partial charge in [0.1, 0.15) is 5.76 Å². The van der Waals surface area contributed by atoms with E-state index in [0.29, 0.717) is 10.7 Å². The molecule has 1 fully saturated rings. The third-order valence-electron chi connectivity index (χ3n) is 4.40.